The Kier molecular flexibility index (Phi) is 3.59. The highest BCUT2D eigenvalue weighted by Gasteiger charge is 2.28. The van der Waals surface area contributed by atoms with E-state index in [2.05, 4.69) is 4.90 Å². The van der Waals surface area contributed by atoms with Crippen molar-refractivity contribution < 1.29 is 14.3 Å². The second-order valence-corrected chi connectivity index (χ2v) is 4.36. The lowest BCUT2D eigenvalue weighted by atomic mass is 10.1. The van der Waals surface area contributed by atoms with Gasteiger partial charge in [0.2, 0.25) is 0 Å². The van der Waals surface area contributed by atoms with Crippen molar-refractivity contribution in [3.63, 3.8) is 0 Å². The highest BCUT2D eigenvalue weighted by Crippen LogP contribution is 2.14. The van der Waals surface area contributed by atoms with Crippen LogP contribution in [-0.4, -0.2) is 49.3 Å². The van der Waals surface area contributed by atoms with E-state index >= 15 is 0 Å². The zero-order valence-electron chi connectivity index (χ0n) is 9.28. The highest BCUT2D eigenvalue weighted by molar-refractivity contribution is 5.75. The molecular formula is C11H19NO3. The van der Waals surface area contributed by atoms with Gasteiger partial charge in [-0.3, -0.25) is 9.69 Å². The normalized spacial score (nSPS) is 28.5. The van der Waals surface area contributed by atoms with Crippen LogP contribution in [0.25, 0.3) is 0 Å². The topological polar surface area (TPSA) is 42.1 Å². The van der Waals surface area contributed by atoms with E-state index in [1.165, 1.54) is 19.3 Å². The summed E-state index contributed by atoms with van der Waals surface area (Å²) in [6, 6.07) is -0.0935. The molecule has 2 atom stereocenters. The van der Waals surface area contributed by atoms with Crippen molar-refractivity contribution >= 4 is 5.97 Å². The maximum Gasteiger partial charge on any atom is 0.323 e. The Morgan fingerprint density at radius 2 is 2.13 bits per heavy atom. The van der Waals surface area contributed by atoms with Gasteiger partial charge in [-0.05, 0) is 32.9 Å². The van der Waals surface area contributed by atoms with Crippen LogP contribution in [0.5, 0.6) is 0 Å². The van der Waals surface area contributed by atoms with E-state index in [1.54, 1.807) is 0 Å². The van der Waals surface area contributed by atoms with Gasteiger partial charge in [0.15, 0.2) is 0 Å². The fourth-order valence-electron chi connectivity index (χ4n) is 1.91. The van der Waals surface area contributed by atoms with Crippen molar-refractivity contribution in [3.8, 4) is 0 Å². The van der Waals surface area contributed by atoms with E-state index in [-0.39, 0.29) is 18.1 Å². The van der Waals surface area contributed by atoms with Gasteiger partial charge >= 0.3 is 5.97 Å². The first-order valence-corrected chi connectivity index (χ1v) is 5.79. The largest absolute Gasteiger partial charge is 0.462 e. The molecule has 2 rings (SSSR count). The van der Waals surface area contributed by atoms with Gasteiger partial charge in [-0.25, -0.2) is 0 Å². The molecule has 15 heavy (non-hydrogen) atoms. The zero-order chi connectivity index (χ0) is 10.7. The van der Waals surface area contributed by atoms with Crippen LogP contribution in [0.2, 0.25) is 0 Å². The Labute approximate surface area is 90.5 Å². The van der Waals surface area contributed by atoms with Crippen LogP contribution in [-0.2, 0) is 14.3 Å². The minimum atomic E-state index is -0.104. The summed E-state index contributed by atoms with van der Waals surface area (Å²) >= 11 is 0. The molecular weight excluding hydrogens is 194 g/mol. The standard InChI is InChI=1S/C11H19NO3/c1-9(12-5-3-2-4-6-12)11(13)15-8-10-7-14-10/h9-10H,2-8H2,1H3. The molecule has 0 radical (unpaired) electrons. The first-order valence-electron chi connectivity index (χ1n) is 5.79. The van der Waals surface area contributed by atoms with Crippen LogP contribution < -0.4 is 0 Å². The fraction of sp³-hybridized carbons (Fsp3) is 0.909. The number of carbonyl (C=O) groups excluding carboxylic acids is 1. The predicted molar refractivity (Wildman–Crippen MR) is 55.6 cm³/mol. The van der Waals surface area contributed by atoms with Gasteiger partial charge in [0.25, 0.3) is 0 Å². The molecule has 2 aliphatic heterocycles. The Hall–Kier alpha value is -0.610. The number of carbonyl (C=O) groups is 1. The summed E-state index contributed by atoms with van der Waals surface area (Å²) in [7, 11) is 0. The first kappa shape index (κ1) is 10.9. The monoisotopic (exact) mass is 213 g/mol. The van der Waals surface area contributed by atoms with Gasteiger partial charge in [-0.15, -0.1) is 0 Å². The van der Waals surface area contributed by atoms with E-state index in [4.69, 9.17) is 9.47 Å². The summed E-state index contributed by atoms with van der Waals surface area (Å²) in [6.07, 6.45) is 3.85. The molecule has 0 N–H and O–H groups in total. The summed E-state index contributed by atoms with van der Waals surface area (Å²) in [6.45, 7) is 5.15. The second-order valence-electron chi connectivity index (χ2n) is 4.36. The average Bonchev–Trinajstić information content (AvgIpc) is 3.10. The van der Waals surface area contributed by atoms with E-state index < -0.39 is 0 Å². The molecule has 2 unspecified atom stereocenters. The molecule has 0 aromatic heterocycles. The van der Waals surface area contributed by atoms with E-state index in [9.17, 15) is 4.79 Å². The summed E-state index contributed by atoms with van der Waals surface area (Å²) in [5.74, 6) is -0.104. The number of esters is 1. The van der Waals surface area contributed by atoms with E-state index in [0.717, 1.165) is 19.7 Å². The van der Waals surface area contributed by atoms with Crippen molar-refractivity contribution in [1.29, 1.82) is 0 Å². The average molecular weight is 213 g/mol. The third-order valence-corrected chi connectivity index (χ3v) is 3.09. The van der Waals surface area contributed by atoms with Crippen LogP contribution in [0.15, 0.2) is 0 Å². The van der Waals surface area contributed by atoms with Gasteiger partial charge in [-0.2, -0.15) is 0 Å². The number of likely N-dealkylation sites (tertiary alicyclic amines) is 1. The minimum Gasteiger partial charge on any atom is -0.462 e. The van der Waals surface area contributed by atoms with E-state index in [0.29, 0.717) is 6.61 Å². The van der Waals surface area contributed by atoms with Crippen molar-refractivity contribution in [2.45, 2.75) is 38.3 Å². The molecule has 0 aromatic carbocycles. The maximum atomic E-state index is 11.7. The van der Waals surface area contributed by atoms with Crippen LogP contribution >= 0.6 is 0 Å². The molecule has 0 aliphatic carbocycles. The SMILES string of the molecule is CC(C(=O)OCC1CO1)N1CCCCC1. The van der Waals surface area contributed by atoms with Gasteiger partial charge in [0.05, 0.1) is 6.61 Å². The lowest BCUT2D eigenvalue weighted by Gasteiger charge is -2.30. The predicted octanol–water partition coefficient (Wildman–Crippen LogP) is 0.803. The minimum absolute atomic E-state index is 0.0935. The van der Waals surface area contributed by atoms with Gasteiger partial charge in [0, 0.05) is 0 Å². The number of hydrogen-bond donors (Lipinski definition) is 0. The molecule has 2 heterocycles. The van der Waals surface area contributed by atoms with Crippen molar-refractivity contribution in [1.82, 2.24) is 4.90 Å². The molecule has 2 saturated heterocycles. The number of hydrogen-bond acceptors (Lipinski definition) is 4. The zero-order valence-corrected chi connectivity index (χ0v) is 9.28. The Morgan fingerprint density at radius 3 is 2.73 bits per heavy atom. The van der Waals surface area contributed by atoms with Crippen molar-refractivity contribution in [2.24, 2.45) is 0 Å². The summed E-state index contributed by atoms with van der Waals surface area (Å²) in [5.41, 5.74) is 0. The van der Waals surface area contributed by atoms with Crippen LogP contribution in [0.1, 0.15) is 26.2 Å². The second kappa shape index (κ2) is 4.94. The molecule has 0 amide bonds. The molecule has 4 heteroatoms. The number of ether oxygens (including phenoxy) is 2. The summed E-state index contributed by atoms with van der Waals surface area (Å²) in [4.78, 5) is 13.9. The van der Waals surface area contributed by atoms with Crippen molar-refractivity contribution in [2.75, 3.05) is 26.3 Å². The molecule has 86 valence electrons. The van der Waals surface area contributed by atoms with E-state index in [1.807, 2.05) is 6.92 Å². The number of rotatable bonds is 4. The summed E-state index contributed by atoms with van der Waals surface area (Å²) in [5, 5.41) is 0. The number of nitrogens with zero attached hydrogens (tertiary/aromatic N) is 1. The molecule has 2 fully saturated rings. The lowest BCUT2D eigenvalue weighted by molar-refractivity contribution is -0.150. The van der Waals surface area contributed by atoms with Crippen molar-refractivity contribution in [3.05, 3.63) is 0 Å². The molecule has 0 aromatic rings. The Bertz CT molecular complexity index is 222. The number of piperidine rings is 1. The van der Waals surface area contributed by atoms with Crippen LogP contribution in [0.3, 0.4) is 0 Å². The first-order chi connectivity index (χ1) is 7.27. The molecule has 0 spiro atoms. The molecule has 4 nitrogen and oxygen atoms in total. The van der Waals surface area contributed by atoms with Crippen LogP contribution in [0, 0.1) is 0 Å². The van der Waals surface area contributed by atoms with Crippen LogP contribution in [0.4, 0.5) is 0 Å². The third kappa shape index (κ3) is 3.18. The molecule has 0 saturated carbocycles. The highest BCUT2D eigenvalue weighted by atomic mass is 16.6. The Morgan fingerprint density at radius 1 is 1.47 bits per heavy atom. The lowest BCUT2D eigenvalue weighted by Crippen LogP contribution is -2.43. The summed E-state index contributed by atoms with van der Waals surface area (Å²) < 4.78 is 10.2. The van der Waals surface area contributed by atoms with Gasteiger partial charge in [-0.1, -0.05) is 6.42 Å². The van der Waals surface area contributed by atoms with Gasteiger partial charge < -0.3 is 9.47 Å². The Balaban J connectivity index is 1.71. The maximum absolute atomic E-state index is 11.7. The smallest absolute Gasteiger partial charge is 0.323 e. The molecule has 2 aliphatic rings. The van der Waals surface area contributed by atoms with Gasteiger partial charge in [0.1, 0.15) is 18.8 Å². The number of epoxide rings is 1. The fourth-order valence-corrected chi connectivity index (χ4v) is 1.91. The quantitative estimate of drug-likeness (QED) is 0.512. The molecule has 0 bridgehead atoms. The third-order valence-electron chi connectivity index (χ3n) is 3.09.